The molecule has 1 aliphatic heterocycles. The van der Waals surface area contributed by atoms with Crippen LogP contribution in [0.4, 0.5) is 19.0 Å². The Labute approximate surface area is 203 Å². The molecule has 0 saturated heterocycles. The van der Waals surface area contributed by atoms with Gasteiger partial charge in [0.25, 0.3) is 5.91 Å². The Morgan fingerprint density at radius 2 is 1.80 bits per heavy atom. The summed E-state index contributed by atoms with van der Waals surface area (Å²) in [5, 5.41) is 15.7. The van der Waals surface area contributed by atoms with E-state index in [0.29, 0.717) is 23.6 Å². The third-order valence-corrected chi connectivity index (χ3v) is 5.76. The second-order valence-corrected chi connectivity index (χ2v) is 8.42. The van der Waals surface area contributed by atoms with Gasteiger partial charge in [-0.2, -0.15) is 18.3 Å². The molecule has 0 fully saturated rings. The van der Waals surface area contributed by atoms with E-state index in [4.69, 9.17) is 16.7 Å². The molecular weight excluding hydrogens is 485 g/mol. The molecule has 1 aliphatic rings. The summed E-state index contributed by atoms with van der Waals surface area (Å²) in [6.45, 7) is 4.63. The number of hydrogen-bond donors (Lipinski definition) is 2. The van der Waals surface area contributed by atoms with Crippen molar-refractivity contribution in [1.29, 1.82) is 0 Å². The number of carboxylic acid groups (broad SMARTS) is 1. The molecule has 2 N–H and O–H groups in total. The highest BCUT2D eigenvalue weighted by molar-refractivity contribution is 6.30. The molecule has 11 heteroatoms. The number of hydrogen-bond acceptors (Lipinski definition) is 4. The predicted octanol–water partition coefficient (Wildman–Crippen LogP) is 5.06. The second kappa shape index (κ2) is 9.46. The Balaban J connectivity index is 1.69. The van der Waals surface area contributed by atoms with Gasteiger partial charge in [0.1, 0.15) is 11.4 Å². The number of aromatic carboxylic acids is 1. The van der Waals surface area contributed by atoms with Crippen molar-refractivity contribution >= 4 is 35.0 Å². The first-order chi connectivity index (χ1) is 16.5. The number of benzene rings is 2. The zero-order valence-corrected chi connectivity index (χ0v) is 19.0. The lowest BCUT2D eigenvalue weighted by atomic mass is 10.1. The maximum Gasteiger partial charge on any atom is 0.436 e. The lowest BCUT2D eigenvalue weighted by Crippen LogP contribution is -2.34. The Morgan fingerprint density at radius 3 is 2.43 bits per heavy atom. The van der Waals surface area contributed by atoms with Crippen LogP contribution in [0.3, 0.4) is 0 Å². The number of alkyl halides is 3. The summed E-state index contributed by atoms with van der Waals surface area (Å²) in [5.41, 5.74) is -0.699. The molecule has 0 radical (unpaired) electrons. The highest BCUT2D eigenvalue weighted by Gasteiger charge is 2.43. The number of anilines is 1. The molecule has 0 bridgehead atoms. The Bertz CT molecular complexity index is 1300. The van der Waals surface area contributed by atoms with E-state index in [-0.39, 0.29) is 30.2 Å². The molecule has 0 atom stereocenters. The number of amides is 1. The van der Waals surface area contributed by atoms with Gasteiger partial charge in [-0.3, -0.25) is 4.79 Å². The fourth-order valence-corrected chi connectivity index (χ4v) is 4.16. The first-order valence-corrected chi connectivity index (χ1v) is 10.9. The third-order valence-electron chi connectivity index (χ3n) is 5.53. The van der Waals surface area contributed by atoms with Crippen LogP contribution in [0.15, 0.2) is 55.1 Å². The topological polar surface area (TPSA) is 87.5 Å². The van der Waals surface area contributed by atoms with Crippen molar-refractivity contribution in [2.24, 2.45) is 0 Å². The summed E-state index contributed by atoms with van der Waals surface area (Å²) >= 11 is 6.06. The van der Waals surface area contributed by atoms with E-state index in [1.165, 1.54) is 28.9 Å². The minimum Gasteiger partial charge on any atom is -0.478 e. The van der Waals surface area contributed by atoms with Crippen LogP contribution in [-0.2, 0) is 19.3 Å². The number of aromatic nitrogens is 2. The fraction of sp³-hybridized carbons (Fsp3) is 0.208. The molecule has 2 aromatic carbocycles. The van der Waals surface area contributed by atoms with E-state index in [2.05, 4.69) is 17.0 Å². The minimum absolute atomic E-state index is 0.0228. The molecule has 1 aromatic heterocycles. The number of nitrogens with zero attached hydrogens (tertiary/aromatic N) is 3. The van der Waals surface area contributed by atoms with Crippen LogP contribution in [0.25, 0.3) is 5.70 Å². The monoisotopic (exact) mass is 504 g/mol. The average molecular weight is 505 g/mol. The van der Waals surface area contributed by atoms with Crippen molar-refractivity contribution in [2.45, 2.75) is 25.7 Å². The summed E-state index contributed by atoms with van der Waals surface area (Å²) in [5.74, 6) is -2.08. The number of halogens is 4. The van der Waals surface area contributed by atoms with Crippen molar-refractivity contribution in [2.75, 3.05) is 11.4 Å². The summed E-state index contributed by atoms with van der Waals surface area (Å²) in [6, 6.07) is 12.4. The molecule has 3 aromatic rings. The van der Waals surface area contributed by atoms with E-state index in [1.54, 1.807) is 29.2 Å². The number of rotatable bonds is 6. The van der Waals surface area contributed by atoms with Crippen molar-refractivity contribution in [3.05, 3.63) is 88.1 Å². The highest BCUT2D eigenvalue weighted by Crippen LogP contribution is 2.38. The third kappa shape index (κ3) is 5.17. The van der Waals surface area contributed by atoms with E-state index in [9.17, 15) is 22.8 Å². The van der Waals surface area contributed by atoms with Crippen molar-refractivity contribution in [3.63, 3.8) is 0 Å². The summed E-state index contributed by atoms with van der Waals surface area (Å²) < 4.78 is 42.9. The first kappa shape index (κ1) is 24.3. The predicted molar refractivity (Wildman–Crippen MR) is 124 cm³/mol. The van der Waals surface area contributed by atoms with Gasteiger partial charge in [-0.15, -0.1) is 0 Å². The van der Waals surface area contributed by atoms with Gasteiger partial charge in [0.2, 0.25) is 0 Å². The number of aryl methyl sites for hydroxylation is 1. The van der Waals surface area contributed by atoms with Gasteiger partial charge in [-0.05, 0) is 41.8 Å². The van der Waals surface area contributed by atoms with Gasteiger partial charge >= 0.3 is 12.1 Å². The Hall–Kier alpha value is -3.79. The van der Waals surface area contributed by atoms with Gasteiger partial charge in [-0.25, -0.2) is 9.48 Å². The van der Waals surface area contributed by atoms with Gasteiger partial charge in [0.05, 0.1) is 5.56 Å². The van der Waals surface area contributed by atoms with Gasteiger partial charge in [-0.1, -0.05) is 42.4 Å². The lowest BCUT2D eigenvalue weighted by molar-refractivity contribution is -0.141. The Morgan fingerprint density at radius 1 is 1.11 bits per heavy atom. The number of fused-ring (bicyclic) bond motifs is 1. The standard InChI is InChI=1S/C24H20ClF3N4O3/c1-14(16-6-8-17(9-7-16)23(34)35)29-21(33)19-20(24(26,27)28)30-32-11-3-10-31(22(19)32)13-15-4-2-5-18(25)12-15/h2,4-9,12H,1,3,10-11,13H2,(H,29,33)(H,34,35). The highest BCUT2D eigenvalue weighted by atomic mass is 35.5. The number of carbonyl (C=O) groups excluding carboxylic acids is 1. The van der Waals surface area contributed by atoms with Gasteiger partial charge < -0.3 is 15.3 Å². The molecule has 35 heavy (non-hydrogen) atoms. The second-order valence-electron chi connectivity index (χ2n) is 7.99. The summed E-state index contributed by atoms with van der Waals surface area (Å²) in [6.07, 6.45) is -4.31. The quantitative estimate of drug-likeness (QED) is 0.490. The molecule has 182 valence electrons. The molecule has 2 heterocycles. The molecular formula is C24H20ClF3N4O3. The SMILES string of the molecule is C=C(NC(=O)c1c(C(F)(F)F)nn2c1N(Cc1cccc(Cl)c1)CCC2)c1ccc(C(=O)O)cc1. The number of nitrogens with one attached hydrogen (secondary N) is 1. The van der Waals surface area contributed by atoms with E-state index >= 15 is 0 Å². The smallest absolute Gasteiger partial charge is 0.436 e. The maximum absolute atomic E-state index is 13.9. The summed E-state index contributed by atoms with van der Waals surface area (Å²) in [7, 11) is 0. The van der Waals surface area contributed by atoms with E-state index in [1.807, 2.05) is 0 Å². The first-order valence-electron chi connectivity index (χ1n) is 10.6. The molecule has 0 aliphatic carbocycles. The zero-order chi connectivity index (χ0) is 25.3. The maximum atomic E-state index is 13.9. The fourth-order valence-electron chi connectivity index (χ4n) is 3.95. The van der Waals surface area contributed by atoms with Crippen molar-refractivity contribution in [1.82, 2.24) is 15.1 Å². The Kier molecular flexibility index (Phi) is 6.58. The zero-order valence-electron chi connectivity index (χ0n) is 18.3. The van der Waals surface area contributed by atoms with Crippen LogP contribution >= 0.6 is 11.6 Å². The molecule has 0 spiro atoms. The van der Waals surface area contributed by atoms with Crippen LogP contribution in [0, 0.1) is 0 Å². The summed E-state index contributed by atoms with van der Waals surface area (Å²) in [4.78, 5) is 25.9. The van der Waals surface area contributed by atoms with Crippen molar-refractivity contribution in [3.8, 4) is 0 Å². The average Bonchev–Trinajstić information content (AvgIpc) is 3.21. The minimum atomic E-state index is -4.86. The molecule has 0 saturated carbocycles. The van der Waals surface area contributed by atoms with E-state index < -0.39 is 29.3 Å². The normalized spacial score (nSPS) is 13.3. The largest absolute Gasteiger partial charge is 0.478 e. The number of carboxylic acids is 1. The van der Waals surface area contributed by atoms with E-state index in [0.717, 1.165) is 5.56 Å². The molecule has 1 amide bonds. The van der Waals surface area contributed by atoms with Crippen LogP contribution in [-0.4, -0.2) is 33.3 Å². The molecule has 4 rings (SSSR count). The van der Waals surface area contributed by atoms with Crippen molar-refractivity contribution < 1.29 is 27.9 Å². The molecule has 0 unspecified atom stereocenters. The van der Waals surface area contributed by atoms with Gasteiger partial charge in [0, 0.05) is 30.4 Å². The van der Waals surface area contributed by atoms with Crippen LogP contribution in [0.2, 0.25) is 5.02 Å². The lowest BCUT2D eigenvalue weighted by Gasteiger charge is -2.30. The van der Waals surface area contributed by atoms with Gasteiger partial charge in [0.15, 0.2) is 5.69 Å². The van der Waals surface area contributed by atoms with Crippen LogP contribution in [0.1, 0.15) is 44.0 Å². The molecule has 7 nitrogen and oxygen atoms in total. The van der Waals surface area contributed by atoms with Crippen LogP contribution in [0.5, 0.6) is 0 Å². The number of carbonyl (C=O) groups is 2. The van der Waals surface area contributed by atoms with Crippen LogP contribution < -0.4 is 10.2 Å².